The molecule has 84 valence electrons. The van der Waals surface area contributed by atoms with Crippen LogP contribution < -0.4 is 5.32 Å². The molecule has 0 saturated heterocycles. The number of hydrogen-bond donors (Lipinski definition) is 1. The average Bonchev–Trinajstić information content (AvgIpc) is 2.63. The average molecular weight is 215 g/mol. The second-order valence-corrected chi connectivity index (χ2v) is 6.33. The summed E-state index contributed by atoms with van der Waals surface area (Å²) in [6.45, 7) is 7.94. The van der Waals surface area contributed by atoms with Gasteiger partial charge in [-0.15, -0.1) is 0 Å². The highest BCUT2D eigenvalue weighted by atomic mass is 32.2. The maximum absolute atomic E-state index is 3.50. The van der Waals surface area contributed by atoms with Crippen molar-refractivity contribution in [1.82, 2.24) is 5.32 Å². The van der Waals surface area contributed by atoms with Crippen LogP contribution in [0.2, 0.25) is 0 Å². The second-order valence-electron chi connectivity index (χ2n) is 4.86. The first-order valence-corrected chi connectivity index (χ1v) is 7.08. The van der Waals surface area contributed by atoms with E-state index >= 15 is 0 Å². The van der Waals surface area contributed by atoms with Crippen LogP contribution in [0.4, 0.5) is 0 Å². The molecule has 0 radical (unpaired) electrons. The van der Waals surface area contributed by atoms with Gasteiger partial charge < -0.3 is 5.32 Å². The Bertz CT molecular complexity index is 141. The van der Waals surface area contributed by atoms with E-state index in [-0.39, 0.29) is 0 Å². The van der Waals surface area contributed by atoms with Crippen LogP contribution in [0.25, 0.3) is 0 Å². The van der Waals surface area contributed by atoms with Crippen molar-refractivity contribution in [3.05, 3.63) is 0 Å². The second kappa shape index (κ2) is 6.73. The summed E-state index contributed by atoms with van der Waals surface area (Å²) in [6.07, 6.45) is 5.92. The number of thioether (sulfide) groups is 1. The Morgan fingerprint density at radius 2 is 1.86 bits per heavy atom. The van der Waals surface area contributed by atoms with Crippen molar-refractivity contribution < 1.29 is 0 Å². The topological polar surface area (TPSA) is 12.0 Å². The summed E-state index contributed by atoms with van der Waals surface area (Å²) in [7, 11) is 0. The Labute approximate surface area is 93.4 Å². The first-order chi connectivity index (χ1) is 6.68. The van der Waals surface area contributed by atoms with E-state index in [0.717, 1.165) is 17.7 Å². The van der Waals surface area contributed by atoms with Crippen molar-refractivity contribution in [3.8, 4) is 0 Å². The van der Waals surface area contributed by atoms with E-state index in [1.165, 1.54) is 31.4 Å². The molecule has 0 bridgehead atoms. The zero-order valence-electron chi connectivity index (χ0n) is 9.88. The summed E-state index contributed by atoms with van der Waals surface area (Å²) >= 11 is 2.15. The Morgan fingerprint density at radius 1 is 1.21 bits per heavy atom. The van der Waals surface area contributed by atoms with Crippen molar-refractivity contribution >= 4 is 11.8 Å². The molecule has 1 rings (SSSR count). The molecule has 1 nitrogen and oxygen atoms in total. The highest BCUT2D eigenvalue weighted by Crippen LogP contribution is 2.29. The van der Waals surface area contributed by atoms with E-state index in [4.69, 9.17) is 0 Å². The smallest absolute Gasteiger partial charge is 0.0144 e. The number of nitrogens with one attached hydrogen (secondary N) is 1. The van der Waals surface area contributed by atoms with Crippen molar-refractivity contribution in [2.45, 2.75) is 57.7 Å². The van der Waals surface area contributed by atoms with Gasteiger partial charge in [-0.2, -0.15) is 11.8 Å². The molecule has 1 aliphatic rings. The van der Waals surface area contributed by atoms with Crippen molar-refractivity contribution in [2.75, 3.05) is 12.3 Å². The SMILES string of the molecule is CC(C)NCC(C)SCC1CCCC1. The first kappa shape index (κ1) is 12.4. The summed E-state index contributed by atoms with van der Waals surface area (Å²) in [6, 6.07) is 0.629. The van der Waals surface area contributed by atoms with Crippen LogP contribution >= 0.6 is 11.8 Å². The van der Waals surface area contributed by atoms with Gasteiger partial charge in [0.1, 0.15) is 0 Å². The van der Waals surface area contributed by atoms with Crippen LogP contribution in [-0.2, 0) is 0 Å². The fourth-order valence-corrected chi connectivity index (χ4v) is 3.09. The Morgan fingerprint density at radius 3 is 2.43 bits per heavy atom. The molecule has 1 atom stereocenters. The number of hydrogen-bond acceptors (Lipinski definition) is 2. The van der Waals surface area contributed by atoms with Crippen LogP contribution in [0, 0.1) is 5.92 Å². The summed E-state index contributed by atoms with van der Waals surface area (Å²) in [5.74, 6) is 2.42. The largest absolute Gasteiger partial charge is 0.313 e. The normalized spacial score (nSPS) is 20.6. The zero-order valence-corrected chi connectivity index (χ0v) is 10.7. The fourth-order valence-electron chi connectivity index (χ4n) is 1.94. The van der Waals surface area contributed by atoms with Gasteiger partial charge in [0.05, 0.1) is 0 Å². The maximum atomic E-state index is 3.50. The predicted molar refractivity (Wildman–Crippen MR) is 67.0 cm³/mol. The minimum absolute atomic E-state index is 0.629. The number of rotatable bonds is 6. The van der Waals surface area contributed by atoms with E-state index in [0.29, 0.717) is 6.04 Å². The lowest BCUT2D eigenvalue weighted by molar-refractivity contribution is 0.585. The molecule has 2 heteroatoms. The molecule has 1 saturated carbocycles. The maximum Gasteiger partial charge on any atom is 0.0144 e. The Balaban J connectivity index is 1.99. The molecule has 0 spiro atoms. The molecule has 14 heavy (non-hydrogen) atoms. The van der Waals surface area contributed by atoms with Gasteiger partial charge in [-0.3, -0.25) is 0 Å². The van der Waals surface area contributed by atoms with Crippen LogP contribution in [0.1, 0.15) is 46.5 Å². The molecular formula is C12H25NS. The molecule has 1 aliphatic carbocycles. The van der Waals surface area contributed by atoms with Crippen LogP contribution in [-0.4, -0.2) is 23.6 Å². The molecule has 0 aromatic carbocycles. The van der Waals surface area contributed by atoms with Gasteiger partial charge in [0, 0.05) is 17.8 Å². The van der Waals surface area contributed by atoms with E-state index in [9.17, 15) is 0 Å². The lowest BCUT2D eigenvalue weighted by Gasteiger charge is -2.16. The quantitative estimate of drug-likeness (QED) is 0.729. The van der Waals surface area contributed by atoms with Gasteiger partial charge >= 0.3 is 0 Å². The van der Waals surface area contributed by atoms with Gasteiger partial charge in [0.25, 0.3) is 0 Å². The molecule has 1 unspecified atom stereocenters. The third-order valence-electron chi connectivity index (χ3n) is 2.90. The highest BCUT2D eigenvalue weighted by molar-refractivity contribution is 7.99. The molecule has 0 heterocycles. The lowest BCUT2D eigenvalue weighted by Crippen LogP contribution is -2.29. The lowest BCUT2D eigenvalue weighted by atomic mass is 10.1. The van der Waals surface area contributed by atoms with Crippen molar-refractivity contribution in [2.24, 2.45) is 5.92 Å². The molecule has 1 N–H and O–H groups in total. The van der Waals surface area contributed by atoms with E-state index in [1.807, 2.05) is 0 Å². The molecule has 1 fully saturated rings. The first-order valence-electron chi connectivity index (χ1n) is 6.03. The molecular weight excluding hydrogens is 190 g/mol. The van der Waals surface area contributed by atoms with Gasteiger partial charge in [0.2, 0.25) is 0 Å². The van der Waals surface area contributed by atoms with Gasteiger partial charge in [-0.1, -0.05) is 33.6 Å². The summed E-state index contributed by atoms with van der Waals surface area (Å²) in [4.78, 5) is 0. The third kappa shape index (κ3) is 5.26. The van der Waals surface area contributed by atoms with Crippen molar-refractivity contribution in [1.29, 1.82) is 0 Å². The van der Waals surface area contributed by atoms with Crippen LogP contribution in [0.3, 0.4) is 0 Å². The third-order valence-corrected chi connectivity index (χ3v) is 4.30. The molecule has 0 aromatic heterocycles. The van der Waals surface area contributed by atoms with Gasteiger partial charge in [0.15, 0.2) is 0 Å². The van der Waals surface area contributed by atoms with E-state index in [1.54, 1.807) is 0 Å². The summed E-state index contributed by atoms with van der Waals surface area (Å²) < 4.78 is 0. The minimum atomic E-state index is 0.629. The van der Waals surface area contributed by atoms with Crippen LogP contribution in [0.5, 0.6) is 0 Å². The predicted octanol–water partition coefficient (Wildman–Crippen LogP) is 3.30. The minimum Gasteiger partial charge on any atom is -0.313 e. The fraction of sp³-hybridized carbons (Fsp3) is 1.00. The molecule has 0 amide bonds. The monoisotopic (exact) mass is 215 g/mol. The highest BCUT2D eigenvalue weighted by Gasteiger charge is 2.15. The van der Waals surface area contributed by atoms with Gasteiger partial charge in [-0.05, 0) is 24.5 Å². The van der Waals surface area contributed by atoms with Crippen molar-refractivity contribution in [3.63, 3.8) is 0 Å². The van der Waals surface area contributed by atoms with Gasteiger partial charge in [-0.25, -0.2) is 0 Å². The molecule has 0 aliphatic heterocycles. The van der Waals surface area contributed by atoms with E-state index in [2.05, 4.69) is 37.8 Å². The Kier molecular flexibility index (Phi) is 5.95. The van der Waals surface area contributed by atoms with E-state index < -0.39 is 0 Å². The summed E-state index contributed by atoms with van der Waals surface area (Å²) in [5, 5.41) is 4.28. The van der Waals surface area contributed by atoms with Crippen LogP contribution in [0.15, 0.2) is 0 Å². The standard InChI is InChI=1S/C12H25NS/c1-10(2)13-8-11(3)14-9-12-6-4-5-7-12/h10-13H,4-9H2,1-3H3. The molecule has 0 aromatic rings. The summed E-state index contributed by atoms with van der Waals surface area (Å²) in [5.41, 5.74) is 0. The zero-order chi connectivity index (χ0) is 10.4. The Hall–Kier alpha value is 0.310.